The number of nitrogens with zero attached hydrogens (tertiary/aromatic N) is 1. The van der Waals surface area contributed by atoms with Gasteiger partial charge in [-0.2, -0.15) is 0 Å². The average molecular weight is 276 g/mol. The van der Waals surface area contributed by atoms with Gasteiger partial charge in [0.2, 0.25) is 5.91 Å². The molecule has 0 spiro atoms. The van der Waals surface area contributed by atoms with Crippen molar-refractivity contribution in [2.75, 3.05) is 5.32 Å². The van der Waals surface area contributed by atoms with Crippen LogP contribution < -0.4 is 5.32 Å². The van der Waals surface area contributed by atoms with Crippen LogP contribution in [0.4, 0.5) is 10.1 Å². The van der Waals surface area contributed by atoms with E-state index >= 15 is 0 Å². The quantitative estimate of drug-likeness (QED) is 0.677. The molecule has 0 aromatic carbocycles. The first kappa shape index (κ1) is 12.0. The number of carbonyl (C=O) groups excluding carboxylic acids is 2. The van der Waals surface area contributed by atoms with Crippen molar-refractivity contribution < 1.29 is 14.0 Å². The minimum Gasteiger partial charge on any atom is -0.323 e. The molecule has 3 rings (SSSR count). The molecule has 1 aliphatic rings. The SMILES string of the molecule is Cc1csc(C(=O)C2C(=O)Nc3cc(F)cnc32)c1. The van der Waals surface area contributed by atoms with Crippen LogP contribution in [0.15, 0.2) is 23.7 Å². The topological polar surface area (TPSA) is 59.1 Å². The van der Waals surface area contributed by atoms with E-state index in [1.165, 1.54) is 17.4 Å². The monoisotopic (exact) mass is 276 g/mol. The molecule has 0 aliphatic carbocycles. The molecule has 0 fully saturated rings. The van der Waals surface area contributed by atoms with Crippen LogP contribution in [0.2, 0.25) is 0 Å². The highest BCUT2D eigenvalue weighted by atomic mass is 32.1. The van der Waals surface area contributed by atoms with Gasteiger partial charge in [0.25, 0.3) is 0 Å². The minimum absolute atomic E-state index is 0.275. The second-order valence-corrected chi connectivity index (χ2v) is 5.27. The first-order valence-electron chi connectivity index (χ1n) is 5.62. The van der Waals surface area contributed by atoms with Gasteiger partial charge < -0.3 is 5.32 Å². The van der Waals surface area contributed by atoms with E-state index < -0.39 is 17.6 Å². The third-order valence-corrected chi connectivity index (χ3v) is 3.98. The highest BCUT2D eigenvalue weighted by Crippen LogP contribution is 2.34. The maximum absolute atomic E-state index is 13.0. The van der Waals surface area contributed by atoms with E-state index in [-0.39, 0.29) is 11.5 Å². The maximum Gasteiger partial charge on any atom is 0.241 e. The standard InChI is InChI=1S/C13H9FN2O2S/c1-6-2-9(19-5-6)12(17)10-11-8(16-13(10)18)3-7(14)4-15-11/h2-5,10H,1H3,(H,16,18). The number of thiophene rings is 1. The summed E-state index contributed by atoms with van der Waals surface area (Å²) in [4.78, 5) is 28.6. The van der Waals surface area contributed by atoms with Crippen LogP contribution in [-0.4, -0.2) is 16.7 Å². The molecule has 4 nitrogen and oxygen atoms in total. The number of Topliss-reactive ketones (excluding diaryl/α,β-unsaturated/α-hetero) is 1. The Hall–Kier alpha value is -2.08. The highest BCUT2D eigenvalue weighted by Gasteiger charge is 2.38. The molecule has 96 valence electrons. The second kappa shape index (κ2) is 4.24. The van der Waals surface area contributed by atoms with Gasteiger partial charge in [-0.3, -0.25) is 14.6 Å². The molecule has 19 heavy (non-hydrogen) atoms. The van der Waals surface area contributed by atoms with Crippen LogP contribution >= 0.6 is 11.3 Å². The number of hydrogen-bond donors (Lipinski definition) is 1. The third kappa shape index (κ3) is 1.94. The van der Waals surface area contributed by atoms with Crippen molar-refractivity contribution in [2.45, 2.75) is 12.8 Å². The third-order valence-electron chi connectivity index (χ3n) is 2.91. The zero-order valence-electron chi connectivity index (χ0n) is 9.94. The molecule has 1 aliphatic heterocycles. The number of carbonyl (C=O) groups is 2. The average Bonchev–Trinajstić information content (AvgIpc) is 2.91. The van der Waals surface area contributed by atoms with Crippen LogP contribution in [0, 0.1) is 12.7 Å². The molecule has 1 atom stereocenters. The van der Waals surface area contributed by atoms with Crippen LogP contribution in [0.3, 0.4) is 0 Å². The zero-order valence-corrected chi connectivity index (χ0v) is 10.8. The number of rotatable bonds is 2. The summed E-state index contributed by atoms with van der Waals surface area (Å²) in [6.45, 7) is 1.88. The summed E-state index contributed by atoms with van der Waals surface area (Å²) in [5.74, 6) is -2.27. The maximum atomic E-state index is 13.0. The number of fused-ring (bicyclic) bond motifs is 1. The molecular formula is C13H9FN2O2S. The van der Waals surface area contributed by atoms with Crippen molar-refractivity contribution in [3.63, 3.8) is 0 Å². The lowest BCUT2D eigenvalue weighted by atomic mass is 9.99. The van der Waals surface area contributed by atoms with E-state index in [2.05, 4.69) is 10.3 Å². The molecule has 0 saturated heterocycles. The summed E-state index contributed by atoms with van der Waals surface area (Å²) in [6, 6.07) is 2.91. The number of hydrogen-bond acceptors (Lipinski definition) is 4. The fourth-order valence-electron chi connectivity index (χ4n) is 2.06. The van der Waals surface area contributed by atoms with Crippen molar-refractivity contribution in [3.8, 4) is 0 Å². The Morgan fingerprint density at radius 1 is 1.47 bits per heavy atom. The number of anilines is 1. The van der Waals surface area contributed by atoms with E-state index in [1.54, 1.807) is 6.07 Å². The summed E-state index contributed by atoms with van der Waals surface area (Å²) in [5.41, 5.74) is 1.54. The Balaban J connectivity index is 2.02. The molecule has 1 amide bonds. The highest BCUT2D eigenvalue weighted by molar-refractivity contribution is 7.12. The van der Waals surface area contributed by atoms with Crippen LogP contribution in [0.5, 0.6) is 0 Å². The predicted molar refractivity (Wildman–Crippen MR) is 69.0 cm³/mol. The molecule has 1 N–H and O–H groups in total. The van der Waals surface area contributed by atoms with Gasteiger partial charge in [0.05, 0.1) is 22.5 Å². The van der Waals surface area contributed by atoms with Gasteiger partial charge in [-0.05, 0) is 23.9 Å². The van der Waals surface area contributed by atoms with Gasteiger partial charge >= 0.3 is 0 Å². The lowest BCUT2D eigenvalue weighted by Gasteiger charge is -2.04. The van der Waals surface area contributed by atoms with E-state index in [0.29, 0.717) is 10.6 Å². The van der Waals surface area contributed by atoms with Gasteiger partial charge in [0.1, 0.15) is 11.7 Å². The Bertz CT molecular complexity index is 696. The number of aromatic nitrogens is 1. The van der Waals surface area contributed by atoms with Gasteiger partial charge in [-0.25, -0.2) is 4.39 Å². The number of ketones is 1. The van der Waals surface area contributed by atoms with E-state index in [1.807, 2.05) is 12.3 Å². The van der Waals surface area contributed by atoms with E-state index in [0.717, 1.165) is 11.8 Å². The Morgan fingerprint density at radius 2 is 2.26 bits per heavy atom. The summed E-state index contributed by atoms with van der Waals surface area (Å²) < 4.78 is 13.0. The van der Waals surface area contributed by atoms with Gasteiger partial charge in [-0.1, -0.05) is 0 Å². The largest absolute Gasteiger partial charge is 0.323 e. The number of amides is 1. The summed E-state index contributed by atoms with van der Waals surface area (Å²) in [5, 5.41) is 4.33. The van der Waals surface area contributed by atoms with Crippen molar-refractivity contribution in [1.82, 2.24) is 4.98 Å². The first-order valence-corrected chi connectivity index (χ1v) is 6.50. The normalized spacial score (nSPS) is 17.2. The van der Waals surface area contributed by atoms with Crippen molar-refractivity contribution in [3.05, 3.63) is 45.7 Å². The van der Waals surface area contributed by atoms with Gasteiger partial charge in [-0.15, -0.1) is 11.3 Å². The lowest BCUT2D eigenvalue weighted by Crippen LogP contribution is -2.20. The van der Waals surface area contributed by atoms with Crippen molar-refractivity contribution in [1.29, 1.82) is 0 Å². The van der Waals surface area contributed by atoms with Gasteiger partial charge in [0, 0.05) is 6.07 Å². The molecule has 0 saturated carbocycles. The number of halogens is 1. The number of aryl methyl sites for hydroxylation is 1. The molecule has 0 bridgehead atoms. The second-order valence-electron chi connectivity index (χ2n) is 4.36. The van der Waals surface area contributed by atoms with Crippen LogP contribution in [-0.2, 0) is 4.79 Å². The Kier molecular flexibility index (Phi) is 2.67. The molecule has 2 aromatic rings. The van der Waals surface area contributed by atoms with E-state index in [9.17, 15) is 14.0 Å². The van der Waals surface area contributed by atoms with Crippen molar-refractivity contribution >= 4 is 28.7 Å². The molecule has 0 radical (unpaired) electrons. The number of pyridine rings is 1. The van der Waals surface area contributed by atoms with Gasteiger partial charge in [0.15, 0.2) is 5.78 Å². The molecule has 3 heterocycles. The zero-order chi connectivity index (χ0) is 13.6. The fourth-order valence-corrected chi connectivity index (χ4v) is 2.92. The molecule has 2 aromatic heterocycles. The Morgan fingerprint density at radius 3 is 2.95 bits per heavy atom. The van der Waals surface area contributed by atoms with E-state index in [4.69, 9.17) is 0 Å². The number of nitrogens with one attached hydrogen (secondary N) is 1. The fraction of sp³-hybridized carbons (Fsp3) is 0.154. The smallest absolute Gasteiger partial charge is 0.241 e. The van der Waals surface area contributed by atoms with Crippen molar-refractivity contribution in [2.24, 2.45) is 0 Å². The molecule has 6 heteroatoms. The molecule has 1 unspecified atom stereocenters. The minimum atomic E-state index is -0.978. The lowest BCUT2D eigenvalue weighted by molar-refractivity contribution is -0.116. The summed E-state index contributed by atoms with van der Waals surface area (Å²) in [7, 11) is 0. The molecular weight excluding hydrogens is 267 g/mol. The van der Waals surface area contributed by atoms with Crippen LogP contribution in [0.1, 0.15) is 26.8 Å². The first-order chi connectivity index (χ1) is 9.06. The summed E-state index contributed by atoms with van der Waals surface area (Å²) in [6.07, 6.45) is 1.01. The Labute approximate surface area is 112 Å². The predicted octanol–water partition coefficient (Wildman–Crippen LogP) is 2.51. The summed E-state index contributed by atoms with van der Waals surface area (Å²) >= 11 is 1.29. The van der Waals surface area contributed by atoms with Crippen LogP contribution in [0.25, 0.3) is 0 Å².